The fraction of sp³-hybridized carbons (Fsp3) is 0.500. The molecular weight excluding hydrogens is 231 g/mol. The number of hydrogen-bond donors (Lipinski definition) is 0. The van der Waals surface area contributed by atoms with Gasteiger partial charge in [0.05, 0.1) is 18.3 Å². The molecule has 1 heterocycles. The zero-order valence-corrected chi connectivity index (χ0v) is 9.50. The number of morpholine rings is 1. The molecule has 1 unspecified atom stereocenters. The highest BCUT2D eigenvalue weighted by Gasteiger charge is 2.36. The predicted octanol–water partition coefficient (Wildman–Crippen LogP) is 2.71. The van der Waals surface area contributed by atoms with Gasteiger partial charge in [0.1, 0.15) is 0 Å². The molecule has 1 atom stereocenters. The molecule has 1 aromatic carbocycles. The summed E-state index contributed by atoms with van der Waals surface area (Å²) in [5.74, 6) is 0. The lowest BCUT2D eigenvalue weighted by Crippen LogP contribution is -2.36. The van der Waals surface area contributed by atoms with Crippen molar-refractivity contribution in [2.75, 3.05) is 26.7 Å². The Hall–Kier alpha value is -1.07. The van der Waals surface area contributed by atoms with Crippen LogP contribution in [0.4, 0.5) is 13.2 Å². The first-order valence-electron chi connectivity index (χ1n) is 5.45. The maximum absolute atomic E-state index is 12.8. The third-order valence-corrected chi connectivity index (χ3v) is 2.88. The molecule has 2 rings (SSSR count). The quantitative estimate of drug-likeness (QED) is 0.754. The first-order valence-corrected chi connectivity index (χ1v) is 5.45. The van der Waals surface area contributed by atoms with Gasteiger partial charge in [-0.25, -0.2) is 0 Å². The van der Waals surface area contributed by atoms with E-state index in [0.29, 0.717) is 13.2 Å². The van der Waals surface area contributed by atoms with Gasteiger partial charge in [-0.15, -0.1) is 0 Å². The standard InChI is InChI=1S/C12H14F3NO/c1-16-6-7-17-11(8-16)9-4-2-3-5-10(9)12(13,14)15/h2-5,11H,6-8H2,1H3. The van der Waals surface area contributed by atoms with Crippen molar-refractivity contribution in [1.29, 1.82) is 0 Å². The van der Waals surface area contributed by atoms with E-state index in [2.05, 4.69) is 0 Å². The van der Waals surface area contributed by atoms with Crippen molar-refractivity contribution in [1.82, 2.24) is 4.90 Å². The average Bonchev–Trinajstić information content (AvgIpc) is 2.28. The van der Waals surface area contributed by atoms with E-state index in [1.807, 2.05) is 11.9 Å². The highest BCUT2D eigenvalue weighted by atomic mass is 19.4. The highest BCUT2D eigenvalue weighted by molar-refractivity contribution is 5.32. The minimum absolute atomic E-state index is 0.228. The summed E-state index contributed by atoms with van der Waals surface area (Å²) >= 11 is 0. The molecule has 0 amide bonds. The van der Waals surface area contributed by atoms with Crippen LogP contribution < -0.4 is 0 Å². The first-order chi connectivity index (χ1) is 7.98. The molecule has 17 heavy (non-hydrogen) atoms. The molecule has 2 nitrogen and oxygen atoms in total. The van der Waals surface area contributed by atoms with E-state index in [1.54, 1.807) is 6.07 Å². The van der Waals surface area contributed by atoms with E-state index in [1.165, 1.54) is 12.1 Å². The Morgan fingerprint density at radius 2 is 2.00 bits per heavy atom. The lowest BCUT2D eigenvalue weighted by atomic mass is 10.0. The van der Waals surface area contributed by atoms with Crippen LogP contribution in [-0.4, -0.2) is 31.6 Å². The van der Waals surface area contributed by atoms with Crippen LogP contribution in [0.5, 0.6) is 0 Å². The van der Waals surface area contributed by atoms with Gasteiger partial charge < -0.3 is 9.64 Å². The third-order valence-electron chi connectivity index (χ3n) is 2.88. The average molecular weight is 245 g/mol. The maximum atomic E-state index is 12.8. The van der Waals surface area contributed by atoms with Crippen LogP contribution in [0.15, 0.2) is 24.3 Å². The molecule has 5 heteroatoms. The monoisotopic (exact) mass is 245 g/mol. The first kappa shape index (κ1) is 12.4. The van der Waals surface area contributed by atoms with Gasteiger partial charge in [-0.05, 0) is 18.7 Å². The van der Waals surface area contributed by atoms with Crippen LogP contribution in [0.25, 0.3) is 0 Å². The molecular formula is C12H14F3NO. The Bertz CT molecular complexity index is 392. The van der Waals surface area contributed by atoms with Gasteiger partial charge in [-0.1, -0.05) is 18.2 Å². The second-order valence-electron chi connectivity index (χ2n) is 4.21. The molecule has 1 aromatic rings. The highest BCUT2D eigenvalue weighted by Crippen LogP contribution is 2.36. The molecule has 1 aliphatic rings. The smallest absolute Gasteiger partial charge is 0.371 e. The SMILES string of the molecule is CN1CCOC(c2ccccc2C(F)(F)F)C1. The van der Waals surface area contributed by atoms with Crippen molar-refractivity contribution in [2.45, 2.75) is 12.3 Å². The van der Waals surface area contributed by atoms with Crippen molar-refractivity contribution in [3.8, 4) is 0 Å². The zero-order chi connectivity index (χ0) is 12.5. The summed E-state index contributed by atoms with van der Waals surface area (Å²) in [6.45, 7) is 1.71. The Kier molecular flexibility index (Phi) is 3.40. The van der Waals surface area contributed by atoms with Crippen LogP contribution in [0.3, 0.4) is 0 Å². The molecule has 94 valence electrons. The molecule has 0 N–H and O–H groups in total. The van der Waals surface area contributed by atoms with E-state index in [0.717, 1.165) is 12.6 Å². The summed E-state index contributed by atoms with van der Waals surface area (Å²) in [5, 5.41) is 0. The van der Waals surface area contributed by atoms with Gasteiger partial charge in [-0.3, -0.25) is 0 Å². The normalized spacial score (nSPS) is 22.7. The number of alkyl halides is 3. The van der Waals surface area contributed by atoms with E-state index in [4.69, 9.17) is 4.74 Å². The van der Waals surface area contributed by atoms with Crippen LogP contribution >= 0.6 is 0 Å². The Morgan fingerprint density at radius 1 is 1.29 bits per heavy atom. The number of benzene rings is 1. The number of hydrogen-bond acceptors (Lipinski definition) is 2. The van der Waals surface area contributed by atoms with Gasteiger partial charge in [0.25, 0.3) is 0 Å². The second-order valence-corrected chi connectivity index (χ2v) is 4.21. The van der Waals surface area contributed by atoms with Crippen molar-refractivity contribution < 1.29 is 17.9 Å². The van der Waals surface area contributed by atoms with E-state index >= 15 is 0 Å². The summed E-state index contributed by atoms with van der Waals surface area (Å²) in [6, 6.07) is 5.61. The molecule has 1 fully saturated rings. The Balaban J connectivity index is 2.31. The molecule has 0 aliphatic carbocycles. The maximum Gasteiger partial charge on any atom is 0.416 e. The summed E-state index contributed by atoms with van der Waals surface area (Å²) in [4.78, 5) is 1.97. The predicted molar refractivity (Wildman–Crippen MR) is 57.6 cm³/mol. The van der Waals surface area contributed by atoms with Gasteiger partial charge in [0.15, 0.2) is 0 Å². The van der Waals surface area contributed by atoms with E-state index in [-0.39, 0.29) is 5.56 Å². The van der Waals surface area contributed by atoms with Crippen molar-refractivity contribution in [3.05, 3.63) is 35.4 Å². The van der Waals surface area contributed by atoms with Gasteiger partial charge in [0.2, 0.25) is 0 Å². The van der Waals surface area contributed by atoms with E-state index in [9.17, 15) is 13.2 Å². The van der Waals surface area contributed by atoms with Crippen molar-refractivity contribution >= 4 is 0 Å². The minimum Gasteiger partial charge on any atom is -0.371 e. The largest absolute Gasteiger partial charge is 0.416 e. The van der Waals surface area contributed by atoms with Crippen molar-refractivity contribution in [3.63, 3.8) is 0 Å². The second kappa shape index (κ2) is 4.66. The molecule has 1 aliphatic heterocycles. The molecule has 0 radical (unpaired) electrons. The lowest BCUT2D eigenvalue weighted by Gasteiger charge is -2.31. The lowest BCUT2D eigenvalue weighted by molar-refractivity contribution is -0.140. The zero-order valence-electron chi connectivity index (χ0n) is 9.50. The fourth-order valence-electron chi connectivity index (χ4n) is 2.00. The molecule has 0 bridgehead atoms. The summed E-state index contributed by atoms with van der Waals surface area (Å²) in [7, 11) is 1.88. The summed E-state index contributed by atoms with van der Waals surface area (Å²) in [5.41, 5.74) is -0.369. The van der Waals surface area contributed by atoms with Gasteiger partial charge in [0, 0.05) is 13.1 Å². The van der Waals surface area contributed by atoms with Crippen LogP contribution in [0.1, 0.15) is 17.2 Å². The number of nitrogens with zero attached hydrogens (tertiary/aromatic N) is 1. The number of ether oxygens (including phenoxy) is 1. The van der Waals surface area contributed by atoms with Crippen LogP contribution in [-0.2, 0) is 10.9 Å². The number of likely N-dealkylation sites (N-methyl/N-ethyl adjacent to an activating group) is 1. The van der Waals surface area contributed by atoms with Crippen LogP contribution in [0, 0.1) is 0 Å². The fourth-order valence-corrected chi connectivity index (χ4v) is 2.00. The Morgan fingerprint density at radius 3 is 2.65 bits per heavy atom. The van der Waals surface area contributed by atoms with Crippen LogP contribution in [0.2, 0.25) is 0 Å². The number of rotatable bonds is 1. The summed E-state index contributed by atoms with van der Waals surface area (Å²) in [6.07, 6.45) is -4.82. The summed E-state index contributed by atoms with van der Waals surface area (Å²) < 4.78 is 43.9. The Labute approximate surface area is 98.0 Å². The van der Waals surface area contributed by atoms with Gasteiger partial charge >= 0.3 is 6.18 Å². The minimum atomic E-state index is -4.32. The molecule has 1 saturated heterocycles. The van der Waals surface area contributed by atoms with E-state index < -0.39 is 17.8 Å². The molecule has 0 spiro atoms. The topological polar surface area (TPSA) is 12.5 Å². The number of halogens is 3. The molecule has 0 aromatic heterocycles. The van der Waals surface area contributed by atoms with Crippen molar-refractivity contribution in [2.24, 2.45) is 0 Å². The van der Waals surface area contributed by atoms with Gasteiger partial charge in [-0.2, -0.15) is 13.2 Å². The third kappa shape index (κ3) is 2.79. The molecule has 0 saturated carbocycles.